The van der Waals surface area contributed by atoms with Gasteiger partial charge in [-0.15, -0.1) is 0 Å². The zero-order chi connectivity index (χ0) is 21.5. The number of halogens is 3. The van der Waals surface area contributed by atoms with Gasteiger partial charge >= 0.3 is 12.1 Å². The van der Waals surface area contributed by atoms with Gasteiger partial charge in [0, 0.05) is 26.7 Å². The molecule has 2 atom stereocenters. The molecule has 1 aliphatic rings. The topological polar surface area (TPSA) is 106 Å². The van der Waals surface area contributed by atoms with Gasteiger partial charge in [0.2, 0.25) is 9.70 Å². The minimum absolute atomic E-state index is 0.0355. The smallest absolute Gasteiger partial charge is 0.408 e. The van der Waals surface area contributed by atoms with Crippen LogP contribution in [0.15, 0.2) is 0 Å². The minimum Gasteiger partial charge on any atom is -0.460 e. The summed E-state index contributed by atoms with van der Waals surface area (Å²) >= 11 is 16.7. The molecule has 2 amide bonds. The van der Waals surface area contributed by atoms with Gasteiger partial charge in [-0.25, -0.2) is 4.79 Å². The number of hydrogen-bond donors (Lipinski definition) is 2. The van der Waals surface area contributed by atoms with E-state index in [4.69, 9.17) is 49.0 Å². The maximum atomic E-state index is 12.8. The monoisotopic (exact) mass is 461 g/mol. The Morgan fingerprint density at radius 2 is 1.89 bits per heavy atom. The molecule has 1 rings (SSSR count). The van der Waals surface area contributed by atoms with E-state index >= 15 is 0 Å². The van der Waals surface area contributed by atoms with Crippen molar-refractivity contribution < 1.29 is 28.6 Å². The van der Waals surface area contributed by atoms with Gasteiger partial charge in [-0.3, -0.25) is 9.59 Å². The van der Waals surface area contributed by atoms with Crippen LogP contribution in [0.4, 0.5) is 4.79 Å². The summed E-state index contributed by atoms with van der Waals surface area (Å²) in [5.74, 6) is -1.05. The molecule has 0 saturated carbocycles. The van der Waals surface area contributed by atoms with E-state index in [1.807, 2.05) is 0 Å². The van der Waals surface area contributed by atoms with Crippen molar-refractivity contribution in [2.45, 2.75) is 42.2 Å². The number of carbonyl (C=O) groups excluding carboxylic acids is 3. The lowest BCUT2D eigenvalue weighted by molar-refractivity contribution is -0.149. The van der Waals surface area contributed by atoms with Gasteiger partial charge in [0.15, 0.2) is 0 Å². The van der Waals surface area contributed by atoms with Crippen LogP contribution in [0, 0.1) is 0 Å². The molecule has 0 aromatic rings. The normalized spacial score (nSPS) is 19.0. The van der Waals surface area contributed by atoms with Crippen molar-refractivity contribution in [2.24, 2.45) is 0 Å². The largest absolute Gasteiger partial charge is 0.460 e. The van der Waals surface area contributed by atoms with Crippen LogP contribution in [-0.4, -0.2) is 84.3 Å². The third-order valence-electron chi connectivity index (χ3n) is 3.47. The number of esters is 1. The summed E-state index contributed by atoms with van der Waals surface area (Å²) < 4.78 is 13.4. The zero-order valence-electron chi connectivity index (χ0n) is 16.2. The van der Waals surface area contributed by atoms with E-state index in [9.17, 15) is 14.4 Å². The minimum atomic E-state index is -1.72. The summed E-state index contributed by atoms with van der Waals surface area (Å²) in [6.07, 6.45) is -0.739. The lowest BCUT2D eigenvalue weighted by Gasteiger charge is -2.35. The first kappa shape index (κ1) is 25.0. The fourth-order valence-corrected chi connectivity index (χ4v) is 2.54. The lowest BCUT2D eigenvalue weighted by Crippen LogP contribution is -2.60. The predicted octanol–water partition coefficient (Wildman–Crippen LogP) is 1.24. The van der Waals surface area contributed by atoms with E-state index in [-0.39, 0.29) is 13.2 Å². The van der Waals surface area contributed by atoms with Gasteiger partial charge < -0.3 is 29.7 Å². The first-order valence-corrected chi connectivity index (χ1v) is 9.70. The summed E-state index contributed by atoms with van der Waals surface area (Å²) in [4.78, 5) is 38.4. The van der Waals surface area contributed by atoms with Gasteiger partial charge in [0.05, 0.1) is 6.61 Å². The molecular formula is C16H26Cl3N3O6. The van der Waals surface area contributed by atoms with Crippen LogP contribution in [0.5, 0.6) is 0 Å². The van der Waals surface area contributed by atoms with Crippen molar-refractivity contribution in [3.63, 3.8) is 0 Å². The average Bonchev–Trinajstić information content (AvgIpc) is 2.56. The van der Waals surface area contributed by atoms with Gasteiger partial charge in [0.25, 0.3) is 0 Å². The van der Waals surface area contributed by atoms with Crippen molar-refractivity contribution in [3.8, 4) is 0 Å². The van der Waals surface area contributed by atoms with Crippen LogP contribution in [0.1, 0.15) is 20.8 Å². The van der Waals surface area contributed by atoms with E-state index in [0.29, 0.717) is 13.1 Å². The van der Waals surface area contributed by atoms with Gasteiger partial charge in [0.1, 0.15) is 24.3 Å². The number of hydrogen-bond acceptors (Lipinski definition) is 7. The van der Waals surface area contributed by atoms with Crippen LogP contribution in [0.2, 0.25) is 0 Å². The molecule has 2 N–H and O–H groups in total. The second-order valence-corrected chi connectivity index (χ2v) is 9.68. The first-order chi connectivity index (χ1) is 12.8. The van der Waals surface area contributed by atoms with E-state index in [2.05, 4.69) is 10.6 Å². The molecule has 28 heavy (non-hydrogen) atoms. The summed E-state index contributed by atoms with van der Waals surface area (Å²) in [5, 5.41) is 5.44. The fraction of sp³-hybridized carbons (Fsp3) is 0.812. The molecular weight excluding hydrogens is 437 g/mol. The van der Waals surface area contributed by atoms with Crippen molar-refractivity contribution in [2.75, 3.05) is 40.0 Å². The molecule has 0 aliphatic carbocycles. The van der Waals surface area contributed by atoms with E-state index < -0.39 is 46.1 Å². The molecule has 0 radical (unpaired) electrons. The number of amides is 2. The maximum Gasteiger partial charge on any atom is 0.408 e. The van der Waals surface area contributed by atoms with E-state index in [0.717, 1.165) is 0 Å². The quantitative estimate of drug-likeness (QED) is 0.452. The van der Waals surface area contributed by atoms with Gasteiger partial charge in [-0.2, -0.15) is 0 Å². The molecule has 1 fully saturated rings. The molecule has 9 nitrogen and oxygen atoms in total. The van der Waals surface area contributed by atoms with Gasteiger partial charge in [-0.05, 0) is 20.8 Å². The second-order valence-electron chi connectivity index (χ2n) is 7.17. The number of ether oxygens (including phenoxy) is 3. The number of carbonyl (C=O) groups is 3. The molecule has 1 heterocycles. The highest BCUT2D eigenvalue weighted by molar-refractivity contribution is 6.67. The Morgan fingerprint density at radius 1 is 1.25 bits per heavy atom. The molecule has 1 aliphatic heterocycles. The van der Waals surface area contributed by atoms with Crippen LogP contribution in [-0.2, 0) is 23.8 Å². The summed E-state index contributed by atoms with van der Waals surface area (Å²) in [6.45, 7) is 5.40. The summed E-state index contributed by atoms with van der Waals surface area (Å²) in [5.41, 5.74) is -0.711. The molecule has 0 aromatic heterocycles. The molecule has 162 valence electrons. The number of nitrogens with one attached hydrogen (secondary N) is 2. The third-order valence-corrected chi connectivity index (χ3v) is 3.80. The molecule has 0 unspecified atom stereocenters. The SMILES string of the molecule is COC[C@H](NC(=O)OC(C)(C)C)C(=O)N1CCN[C@H](C(=O)OCC(Cl)(Cl)Cl)C1. The number of methoxy groups -OCH3 is 1. The highest BCUT2D eigenvalue weighted by atomic mass is 35.6. The lowest BCUT2D eigenvalue weighted by atomic mass is 10.1. The Kier molecular flexibility index (Phi) is 9.55. The molecule has 0 spiro atoms. The van der Waals surface area contributed by atoms with Crippen molar-refractivity contribution >= 4 is 52.8 Å². The molecule has 1 saturated heterocycles. The number of piperazine rings is 1. The number of nitrogens with zero attached hydrogens (tertiary/aromatic N) is 1. The number of rotatable bonds is 6. The Labute approximate surface area is 179 Å². The van der Waals surface area contributed by atoms with E-state index in [1.165, 1.54) is 12.0 Å². The second kappa shape index (κ2) is 10.7. The number of alkyl carbamates (subject to hydrolysis) is 1. The van der Waals surface area contributed by atoms with Crippen molar-refractivity contribution in [1.29, 1.82) is 0 Å². The van der Waals surface area contributed by atoms with Crippen LogP contribution in [0.25, 0.3) is 0 Å². The van der Waals surface area contributed by atoms with Gasteiger partial charge in [-0.1, -0.05) is 34.8 Å². The number of alkyl halides is 3. The van der Waals surface area contributed by atoms with Crippen LogP contribution >= 0.6 is 34.8 Å². The maximum absolute atomic E-state index is 12.8. The summed E-state index contributed by atoms with van der Waals surface area (Å²) in [6, 6.07) is -1.74. The molecule has 0 aromatic carbocycles. The molecule has 0 bridgehead atoms. The Bertz CT molecular complexity index is 565. The van der Waals surface area contributed by atoms with Crippen molar-refractivity contribution in [3.05, 3.63) is 0 Å². The highest BCUT2D eigenvalue weighted by Gasteiger charge is 2.34. The van der Waals surface area contributed by atoms with Crippen molar-refractivity contribution in [1.82, 2.24) is 15.5 Å². The zero-order valence-corrected chi connectivity index (χ0v) is 18.5. The Hall–Kier alpha value is -1.00. The average molecular weight is 463 g/mol. The highest BCUT2D eigenvalue weighted by Crippen LogP contribution is 2.26. The Morgan fingerprint density at radius 3 is 2.43 bits per heavy atom. The Balaban J connectivity index is 2.70. The molecule has 12 heteroatoms. The van der Waals surface area contributed by atoms with Crippen LogP contribution < -0.4 is 10.6 Å². The standard InChI is InChI=1S/C16H26Cl3N3O6/c1-15(2,3)28-14(25)21-11(8-26-4)12(23)22-6-5-20-10(7-22)13(24)27-9-16(17,18)19/h10-11,20H,5-9H2,1-4H3,(H,21,25)/t10-,11-/m0/s1. The fourth-order valence-electron chi connectivity index (χ4n) is 2.37. The predicted molar refractivity (Wildman–Crippen MR) is 105 cm³/mol. The third kappa shape index (κ3) is 9.47. The summed E-state index contributed by atoms with van der Waals surface area (Å²) in [7, 11) is 1.41. The van der Waals surface area contributed by atoms with Crippen LogP contribution in [0.3, 0.4) is 0 Å². The van der Waals surface area contributed by atoms with E-state index in [1.54, 1.807) is 20.8 Å². The first-order valence-electron chi connectivity index (χ1n) is 8.56.